The lowest BCUT2D eigenvalue weighted by atomic mass is 10.1. The highest BCUT2D eigenvalue weighted by molar-refractivity contribution is 5.49. The van der Waals surface area contributed by atoms with Crippen molar-refractivity contribution >= 4 is 6.29 Å². The Bertz CT molecular complexity index is 99.4. The van der Waals surface area contributed by atoms with E-state index in [1.807, 2.05) is 6.92 Å². The predicted molar refractivity (Wildman–Crippen MR) is 33.3 cm³/mol. The van der Waals surface area contributed by atoms with Crippen molar-refractivity contribution in [2.45, 2.75) is 19.8 Å². The molecule has 0 bridgehead atoms. The summed E-state index contributed by atoms with van der Waals surface area (Å²) in [6.07, 6.45) is 7.35. The molecule has 8 heavy (non-hydrogen) atoms. The Hall–Kier alpha value is -0.770. The Labute approximate surface area is 50.1 Å². The second kappa shape index (κ2) is 4.39. The van der Waals surface area contributed by atoms with Crippen molar-refractivity contribution < 1.29 is 4.79 Å². The number of hydrogen-bond donors (Lipinski definition) is 0. The summed E-state index contributed by atoms with van der Waals surface area (Å²) < 4.78 is 0. The van der Waals surface area contributed by atoms with E-state index in [1.165, 1.54) is 0 Å². The SMILES string of the molecule is C#CC(C)CCC=O. The molecule has 0 saturated carbocycles. The Morgan fingerprint density at radius 2 is 2.50 bits per heavy atom. The number of hydrogen-bond acceptors (Lipinski definition) is 1. The lowest BCUT2D eigenvalue weighted by Crippen LogP contribution is -1.88. The number of rotatable bonds is 3. The molecule has 0 saturated heterocycles. The van der Waals surface area contributed by atoms with Crippen LogP contribution in [0.3, 0.4) is 0 Å². The standard InChI is InChI=1S/C7H10O/c1-3-7(2)5-4-6-8/h1,6-7H,4-5H2,2H3. The van der Waals surface area contributed by atoms with Crippen LogP contribution in [0.25, 0.3) is 0 Å². The molecule has 0 aliphatic heterocycles. The third-order valence-electron chi connectivity index (χ3n) is 1.00. The molecule has 0 N–H and O–H groups in total. The molecule has 1 nitrogen and oxygen atoms in total. The average molecular weight is 110 g/mol. The minimum absolute atomic E-state index is 0.250. The van der Waals surface area contributed by atoms with Gasteiger partial charge in [-0.3, -0.25) is 0 Å². The van der Waals surface area contributed by atoms with E-state index in [9.17, 15) is 4.79 Å². The topological polar surface area (TPSA) is 17.1 Å². The number of carbonyl (C=O) groups excluding carboxylic acids is 1. The lowest BCUT2D eigenvalue weighted by molar-refractivity contribution is -0.108. The first-order valence-corrected chi connectivity index (χ1v) is 2.71. The maximum absolute atomic E-state index is 9.76. The first-order chi connectivity index (χ1) is 3.81. The van der Waals surface area contributed by atoms with Crippen LogP contribution in [-0.4, -0.2) is 6.29 Å². The zero-order valence-electron chi connectivity index (χ0n) is 5.05. The van der Waals surface area contributed by atoms with Crippen LogP contribution < -0.4 is 0 Å². The van der Waals surface area contributed by atoms with Crippen molar-refractivity contribution in [3.05, 3.63) is 0 Å². The van der Waals surface area contributed by atoms with Gasteiger partial charge in [-0.15, -0.1) is 12.3 Å². The van der Waals surface area contributed by atoms with Gasteiger partial charge in [0.15, 0.2) is 0 Å². The van der Waals surface area contributed by atoms with E-state index in [4.69, 9.17) is 6.42 Å². The Morgan fingerprint density at radius 3 is 2.88 bits per heavy atom. The summed E-state index contributed by atoms with van der Waals surface area (Å²) in [5.41, 5.74) is 0. The molecule has 0 amide bonds. The van der Waals surface area contributed by atoms with Gasteiger partial charge in [-0.1, -0.05) is 6.92 Å². The summed E-state index contributed by atoms with van der Waals surface area (Å²) in [4.78, 5) is 9.76. The summed E-state index contributed by atoms with van der Waals surface area (Å²) >= 11 is 0. The zero-order chi connectivity index (χ0) is 6.41. The van der Waals surface area contributed by atoms with E-state index < -0.39 is 0 Å². The number of terminal acetylenes is 1. The molecular weight excluding hydrogens is 100 g/mol. The van der Waals surface area contributed by atoms with Gasteiger partial charge < -0.3 is 4.79 Å². The van der Waals surface area contributed by atoms with Gasteiger partial charge in [0.1, 0.15) is 6.29 Å². The van der Waals surface area contributed by atoms with E-state index in [1.54, 1.807) is 0 Å². The first kappa shape index (κ1) is 7.23. The highest BCUT2D eigenvalue weighted by Crippen LogP contribution is 1.99. The third kappa shape index (κ3) is 3.42. The Balaban J connectivity index is 3.14. The van der Waals surface area contributed by atoms with Crippen LogP contribution in [0.4, 0.5) is 0 Å². The molecule has 1 atom stereocenters. The molecule has 0 spiro atoms. The van der Waals surface area contributed by atoms with E-state index in [0.717, 1.165) is 12.7 Å². The molecule has 0 heterocycles. The van der Waals surface area contributed by atoms with Crippen LogP contribution in [0.2, 0.25) is 0 Å². The Morgan fingerprint density at radius 1 is 1.88 bits per heavy atom. The molecular formula is C7H10O. The predicted octanol–water partition coefficient (Wildman–Crippen LogP) is 1.23. The average Bonchev–Trinajstić information content (AvgIpc) is 1.83. The number of carbonyl (C=O) groups is 1. The van der Waals surface area contributed by atoms with Crippen molar-refractivity contribution in [2.75, 3.05) is 0 Å². The normalized spacial score (nSPS) is 12.0. The van der Waals surface area contributed by atoms with Crippen LogP contribution in [0.5, 0.6) is 0 Å². The van der Waals surface area contributed by atoms with Crippen LogP contribution in [0, 0.1) is 18.3 Å². The molecule has 44 valence electrons. The summed E-state index contributed by atoms with van der Waals surface area (Å²) in [6, 6.07) is 0. The minimum Gasteiger partial charge on any atom is -0.303 e. The van der Waals surface area contributed by atoms with E-state index in [-0.39, 0.29) is 5.92 Å². The van der Waals surface area contributed by atoms with Gasteiger partial charge in [0.05, 0.1) is 0 Å². The van der Waals surface area contributed by atoms with Gasteiger partial charge in [-0.25, -0.2) is 0 Å². The quantitative estimate of drug-likeness (QED) is 0.394. The van der Waals surface area contributed by atoms with E-state index in [2.05, 4.69) is 5.92 Å². The Kier molecular flexibility index (Phi) is 3.97. The fourth-order valence-electron chi connectivity index (χ4n) is 0.401. The molecule has 0 radical (unpaired) electrons. The van der Waals surface area contributed by atoms with Crippen molar-refractivity contribution in [1.29, 1.82) is 0 Å². The molecule has 0 rings (SSSR count). The molecule has 1 heteroatoms. The van der Waals surface area contributed by atoms with Gasteiger partial charge in [0, 0.05) is 12.3 Å². The number of aldehydes is 1. The van der Waals surface area contributed by atoms with Gasteiger partial charge in [0.25, 0.3) is 0 Å². The second-order valence-corrected chi connectivity index (χ2v) is 1.81. The highest BCUT2D eigenvalue weighted by atomic mass is 16.1. The molecule has 0 aromatic heterocycles. The summed E-state index contributed by atoms with van der Waals surface area (Å²) in [7, 11) is 0. The maximum atomic E-state index is 9.76. The fraction of sp³-hybridized carbons (Fsp3) is 0.571. The zero-order valence-corrected chi connectivity index (χ0v) is 5.05. The molecule has 0 fully saturated rings. The van der Waals surface area contributed by atoms with Crippen molar-refractivity contribution in [3.63, 3.8) is 0 Å². The third-order valence-corrected chi connectivity index (χ3v) is 1.00. The monoisotopic (exact) mass is 110 g/mol. The highest BCUT2D eigenvalue weighted by Gasteiger charge is 1.92. The van der Waals surface area contributed by atoms with Crippen LogP contribution in [0.1, 0.15) is 19.8 Å². The second-order valence-electron chi connectivity index (χ2n) is 1.81. The van der Waals surface area contributed by atoms with Gasteiger partial charge in [-0.2, -0.15) is 0 Å². The molecule has 0 aromatic rings. The fourth-order valence-corrected chi connectivity index (χ4v) is 0.401. The largest absolute Gasteiger partial charge is 0.303 e. The summed E-state index contributed by atoms with van der Waals surface area (Å²) in [5.74, 6) is 2.79. The minimum atomic E-state index is 0.250. The van der Waals surface area contributed by atoms with Crippen LogP contribution >= 0.6 is 0 Å². The summed E-state index contributed by atoms with van der Waals surface area (Å²) in [5, 5.41) is 0. The molecule has 0 aliphatic rings. The maximum Gasteiger partial charge on any atom is 0.120 e. The van der Waals surface area contributed by atoms with Gasteiger partial charge >= 0.3 is 0 Å². The van der Waals surface area contributed by atoms with Crippen LogP contribution in [0.15, 0.2) is 0 Å². The van der Waals surface area contributed by atoms with Gasteiger partial charge in [0.2, 0.25) is 0 Å². The molecule has 0 aromatic carbocycles. The smallest absolute Gasteiger partial charge is 0.120 e. The van der Waals surface area contributed by atoms with Crippen molar-refractivity contribution in [3.8, 4) is 12.3 Å². The first-order valence-electron chi connectivity index (χ1n) is 2.71. The molecule has 0 aliphatic carbocycles. The van der Waals surface area contributed by atoms with Crippen LogP contribution in [-0.2, 0) is 4.79 Å². The molecule has 1 unspecified atom stereocenters. The van der Waals surface area contributed by atoms with Crippen molar-refractivity contribution in [2.24, 2.45) is 5.92 Å². The van der Waals surface area contributed by atoms with E-state index in [0.29, 0.717) is 6.42 Å². The van der Waals surface area contributed by atoms with Crippen molar-refractivity contribution in [1.82, 2.24) is 0 Å². The van der Waals surface area contributed by atoms with E-state index >= 15 is 0 Å². The lowest BCUT2D eigenvalue weighted by Gasteiger charge is -1.95. The van der Waals surface area contributed by atoms with Gasteiger partial charge in [-0.05, 0) is 6.42 Å². The summed E-state index contributed by atoms with van der Waals surface area (Å²) in [6.45, 7) is 1.93.